The first-order chi connectivity index (χ1) is 14.8. The first-order valence-corrected chi connectivity index (χ1v) is 11.6. The van der Waals surface area contributed by atoms with E-state index in [9.17, 15) is 22.4 Å². The third-order valence-corrected chi connectivity index (χ3v) is 6.04. The van der Waals surface area contributed by atoms with E-state index in [1.165, 1.54) is 24.3 Å². The number of ether oxygens (including phenoxy) is 1. The second-order valence-electron chi connectivity index (χ2n) is 8.65. The number of carbonyl (C=O) groups excluding carboxylic acids is 2. The van der Waals surface area contributed by atoms with Crippen molar-refractivity contribution in [3.8, 4) is 0 Å². The lowest BCUT2D eigenvalue weighted by Crippen LogP contribution is -2.27. The standard InChI is InChI=1S/C22H26FN3O5S/c1-13-5-9-16(32(29,30)26-14-6-7-14)12-17(13)20(27)24-15-8-10-18(23)19(11-15)25-21(28)31-22(2,3)4/h5,8-12,14,26H,6-7H2,1-4H3,(H,24,27)(H,25,28). The molecule has 0 bridgehead atoms. The molecule has 10 heteroatoms. The minimum atomic E-state index is -3.72. The smallest absolute Gasteiger partial charge is 0.412 e. The molecule has 1 aliphatic carbocycles. The molecule has 2 aromatic carbocycles. The fourth-order valence-electron chi connectivity index (χ4n) is 2.81. The van der Waals surface area contributed by atoms with Crippen molar-refractivity contribution in [2.24, 2.45) is 0 Å². The monoisotopic (exact) mass is 463 g/mol. The summed E-state index contributed by atoms with van der Waals surface area (Å²) in [5, 5.41) is 4.92. The average molecular weight is 464 g/mol. The summed E-state index contributed by atoms with van der Waals surface area (Å²) in [6, 6.07) is 7.91. The number of halogens is 1. The highest BCUT2D eigenvalue weighted by Crippen LogP contribution is 2.25. The number of amides is 2. The van der Waals surface area contributed by atoms with Crippen molar-refractivity contribution in [1.29, 1.82) is 0 Å². The van der Waals surface area contributed by atoms with E-state index in [-0.39, 0.29) is 27.9 Å². The zero-order valence-corrected chi connectivity index (χ0v) is 19.1. The molecule has 0 aromatic heterocycles. The molecule has 0 spiro atoms. The normalized spacial score (nSPS) is 14.0. The topological polar surface area (TPSA) is 114 Å². The molecule has 2 aromatic rings. The SMILES string of the molecule is Cc1ccc(S(=O)(=O)NC2CC2)cc1C(=O)Nc1ccc(F)c(NC(=O)OC(C)(C)C)c1. The van der Waals surface area contributed by atoms with E-state index < -0.39 is 33.4 Å². The number of aryl methyl sites for hydroxylation is 1. The maximum Gasteiger partial charge on any atom is 0.412 e. The van der Waals surface area contributed by atoms with Gasteiger partial charge in [0.25, 0.3) is 5.91 Å². The Balaban J connectivity index is 1.78. The minimum absolute atomic E-state index is 0.00784. The van der Waals surface area contributed by atoms with Crippen LogP contribution in [-0.2, 0) is 14.8 Å². The van der Waals surface area contributed by atoms with E-state index in [1.807, 2.05) is 0 Å². The molecule has 172 valence electrons. The predicted molar refractivity (Wildman–Crippen MR) is 119 cm³/mol. The van der Waals surface area contributed by atoms with Gasteiger partial charge in [0.2, 0.25) is 10.0 Å². The average Bonchev–Trinajstić information content (AvgIpc) is 3.46. The number of sulfonamides is 1. The Kier molecular flexibility index (Phi) is 6.56. The quantitative estimate of drug-likeness (QED) is 0.595. The molecular formula is C22H26FN3O5S. The summed E-state index contributed by atoms with van der Waals surface area (Å²) in [6.45, 7) is 6.71. The van der Waals surface area contributed by atoms with Crippen LogP contribution in [-0.4, -0.2) is 32.1 Å². The van der Waals surface area contributed by atoms with Crippen LogP contribution in [0, 0.1) is 12.7 Å². The molecule has 0 radical (unpaired) electrons. The molecule has 0 aliphatic heterocycles. The fourth-order valence-corrected chi connectivity index (χ4v) is 4.14. The summed E-state index contributed by atoms with van der Waals surface area (Å²) < 4.78 is 46.8. The van der Waals surface area contributed by atoms with Crippen LogP contribution in [0.2, 0.25) is 0 Å². The van der Waals surface area contributed by atoms with Crippen LogP contribution >= 0.6 is 0 Å². The van der Waals surface area contributed by atoms with Gasteiger partial charge in [-0.1, -0.05) is 6.07 Å². The molecule has 0 heterocycles. The first kappa shape index (κ1) is 23.7. The van der Waals surface area contributed by atoms with Crippen molar-refractivity contribution < 1.29 is 27.1 Å². The third kappa shape index (κ3) is 6.27. The highest BCUT2D eigenvalue weighted by atomic mass is 32.2. The highest BCUT2D eigenvalue weighted by Gasteiger charge is 2.28. The summed E-state index contributed by atoms with van der Waals surface area (Å²) in [5.41, 5.74) is 0.0191. The number of nitrogens with one attached hydrogen (secondary N) is 3. The summed E-state index contributed by atoms with van der Waals surface area (Å²) in [7, 11) is -3.72. The predicted octanol–water partition coefficient (Wildman–Crippen LogP) is 4.17. The van der Waals surface area contributed by atoms with Gasteiger partial charge in [0.15, 0.2) is 0 Å². The molecule has 1 aliphatic rings. The van der Waals surface area contributed by atoms with E-state index in [4.69, 9.17) is 4.74 Å². The van der Waals surface area contributed by atoms with Crippen LogP contribution in [0.5, 0.6) is 0 Å². The Morgan fingerprint density at radius 3 is 2.38 bits per heavy atom. The number of carbonyl (C=O) groups is 2. The number of benzene rings is 2. The van der Waals surface area contributed by atoms with E-state index in [0.717, 1.165) is 18.9 Å². The van der Waals surface area contributed by atoms with Gasteiger partial charge < -0.3 is 10.1 Å². The highest BCUT2D eigenvalue weighted by molar-refractivity contribution is 7.89. The van der Waals surface area contributed by atoms with Crippen LogP contribution in [0.15, 0.2) is 41.3 Å². The third-order valence-electron chi connectivity index (χ3n) is 4.52. The summed E-state index contributed by atoms with van der Waals surface area (Å²) in [5.74, 6) is -1.27. The van der Waals surface area contributed by atoms with Crippen LogP contribution in [0.1, 0.15) is 49.5 Å². The molecule has 3 rings (SSSR count). The number of anilines is 2. The van der Waals surface area contributed by atoms with E-state index >= 15 is 0 Å². The molecule has 8 nitrogen and oxygen atoms in total. The Morgan fingerprint density at radius 1 is 1.06 bits per heavy atom. The maximum absolute atomic E-state index is 14.1. The van der Waals surface area contributed by atoms with Crippen molar-refractivity contribution in [2.75, 3.05) is 10.6 Å². The van der Waals surface area contributed by atoms with Crippen molar-refractivity contribution in [3.63, 3.8) is 0 Å². The summed E-state index contributed by atoms with van der Waals surface area (Å²) in [6.07, 6.45) is 0.752. The largest absolute Gasteiger partial charge is 0.444 e. The molecule has 1 fully saturated rings. The lowest BCUT2D eigenvalue weighted by Gasteiger charge is -2.20. The van der Waals surface area contributed by atoms with Gasteiger partial charge in [-0.25, -0.2) is 22.3 Å². The lowest BCUT2D eigenvalue weighted by atomic mass is 10.1. The second kappa shape index (κ2) is 8.87. The van der Waals surface area contributed by atoms with E-state index in [1.54, 1.807) is 33.8 Å². The van der Waals surface area contributed by atoms with Gasteiger partial charge in [-0.2, -0.15) is 0 Å². The molecule has 1 saturated carbocycles. The number of hydrogen-bond donors (Lipinski definition) is 3. The molecule has 0 saturated heterocycles. The van der Waals surface area contributed by atoms with Crippen LogP contribution in [0.4, 0.5) is 20.6 Å². The Labute approximate surface area is 186 Å². The summed E-state index contributed by atoms with van der Waals surface area (Å²) in [4.78, 5) is 24.8. The van der Waals surface area contributed by atoms with Crippen molar-refractivity contribution >= 4 is 33.4 Å². The summed E-state index contributed by atoms with van der Waals surface area (Å²) >= 11 is 0. The van der Waals surface area contributed by atoms with E-state index in [2.05, 4.69) is 15.4 Å². The number of rotatable bonds is 6. The van der Waals surface area contributed by atoms with Crippen LogP contribution in [0.25, 0.3) is 0 Å². The Bertz CT molecular complexity index is 1150. The van der Waals surface area contributed by atoms with Gasteiger partial charge >= 0.3 is 6.09 Å². The van der Waals surface area contributed by atoms with E-state index in [0.29, 0.717) is 5.56 Å². The Hall–Kier alpha value is -2.98. The molecule has 0 unspecified atom stereocenters. The second-order valence-corrected chi connectivity index (χ2v) is 10.4. The van der Waals surface area contributed by atoms with Crippen molar-refractivity contribution in [1.82, 2.24) is 4.72 Å². The van der Waals surface area contributed by atoms with Crippen LogP contribution in [0.3, 0.4) is 0 Å². The van der Waals surface area contributed by atoms with Gasteiger partial charge in [0.05, 0.1) is 10.6 Å². The molecule has 2 amide bonds. The molecule has 32 heavy (non-hydrogen) atoms. The zero-order valence-electron chi connectivity index (χ0n) is 18.3. The van der Waals surface area contributed by atoms with Crippen LogP contribution < -0.4 is 15.4 Å². The van der Waals surface area contributed by atoms with Gasteiger partial charge in [0, 0.05) is 17.3 Å². The molecule has 3 N–H and O–H groups in total. The molecule has 0 atom stereocenters. The lowest BCUT2D eigenvalue weighted by molar-refractivity contribution is 0.0635. The first-order valence-electron chi connectivity index (χ1n) is 10.1. The van der Waals surface area contributed by atoms with Crippen molar-refractivity contribution in [3.05, 3.63) is 53.3 Å². The fraction of sp³-hybridized carbons (Fsp3) is 0.364. The van der Waals surface area contributed by atoms with Gasteiger partial charge in [-0.15, -0.1) is 0 Å². The minimum Gasteiger partial charge on any atom is -0.444 e. The van der Waals surface area contributed by atoms with Gasteiger partial charge in [-0.3, -0.25) is 10.1 Å². The van der Waals surface area contributed by atoms with Gasteiger partial charge in [-0.05, 0) is 76.4 Å². The number of hydrogen-bond acceptors (Lipinski definition) is 5. The van der Waals surface area contributed by atoms with Gasteiger partial charge in [0.1, 0.15) is 11.4 Å². The Morgan fingerprint density at radius 2 is 1.75 bits per heavy atom. The molecular weight excluding hydrogens is 437 g/mol. The van der Waals surface area contributed by atoms with Crippen molar-refractivity contribution in [2.45, 2.75) is 57.1 Å². The maximum atomic E-state index is 14.1. The zero-order chi connectivity index (χ0) is 23.7.